The molecule has 2 N–H and O–H groups in total. The number of anilines is 1. The second-order valence-corrected chi connectivity index (χ2v) is 10.3. The second-order valence-electron chi connectivity index (χ2n) is 6.21. The molecule has 0 spiro atoms. The number of nitrogens with zero attached hydrogens (tertiary/aromatic N) is 3. The van der Waals surface area contributed by atoms with Crippen molar-refractivity contribution < 1.29 is 21.4 Å². The maximum Gasteiger partial charge on any atom is 0.250 e. The molecular formula is C13H22N4O5S2. The van der Waals surface area contributed by atoms with Gasteiger partial charge in [0.1, 0.15) is 0 Å². The zero-order valence-electron chi connectivity index (χ0n) is 13.5. The fraction of sp³-hybridized carbons (Fsp3) is 0.769. The van der Waals surface area contributed by atoms with Gasteiger partial charge in [0, 0.05) is 26.2 Å². The van der Waals surface area contributed by atoms with Gasteiger partial charge >= 0.3 is 0 Å². The van der Waals surface area contributed by atoms with E-state index in [1.807, 2.05) is 0 Å². The summed E-state index contributed by atoms with van der Waals surface area (Å²) in [7, 11) is -7.17. The Balaban J connectivity index is 1.73. The van der Waals surface area contributed by atoms with Crippen molar-refractivity contribution in [1.82, 2.24) is 13.8 Å². The highest BCUT2D eigenvalue weighted by atomic mass is 32.2. The number of hydrogen-bond acceptors (Lipinski definition) is 7. The zero-order valence-corrected chi connectivity index (χ0v) is 15.1. The maximum atomic E-state index is 12.7. The summed E-state index contributed by atoms with van der Waals surface area (Å²) in [6, 6.07) is 0. The predicted molar refractivity (Wildman–Crippen MR) is 87.2 cm³/mol. The Morgan fingerprint density at radius 2 is 1.62 bits per heavy atom. The van der Waals surface area contributed by atoms with Gasteiger partial charge in [-0.3, -0.25) is 0 Å². The monoisotopic (exact) mass is 378 g/mol. The van der Waals surface area contributed by atoms with Gasteiger partial charge in [-0.2, -0.15) is 4.31 Å². The quantitative estimate of drug-likeness (QED) is 0.789. The summed E-state index contributed by atoms with van der Waals surface area (Å²) < 4.78 is 58.2. The lowest BCUT2D eigenvalue weighted by Crippen LogP contribution is -2.46. The first kappa shape index (κ1) is 17.6. The number of rotatable bonds is 4. The molecule has 2 saturated heterocycles. The molecule has 0 saturated carbocycles. The van der Waals surface area contributed by atoms with Crippen LogP contribution in [0.15, 0.2) is 9.42 Å². The Labute approximate surface area is 141 Å². The van der Waals surface area contributed by atoms with E-state index in [0.717, 1.165) is 12.8 Å². The van der Waals surface area contributed by atoms with Crippen LogP contribution in [0.3, 0.4) is 0 Å². The van der Waals surface area contributed by atoms with Crippen LogP contribution in [0.25, 0.3) is 0 Å². The van der Waals surface area contributed by atoms with E-state index in [0.29, 0.717) is 13.1 Å². The van der Waals surface area contributed by atoms with Crippen molar-refractivity contribution in [3.63, 3.8) is 0 Å². The van der Waals surface area contributed by atoms with Crippen molar-refractivity contribution in [2.24, 2.45) is 0 Å². The lowest BCUT2D eigenvalue weighted by atomic mass is 10.2. The Hall–Kier alpha value is -1.17. The average Bonchev–Trinajstić information content (AvgIpc) is 3.18. The molecule has 2 fully saturated rings. The third-order valence-corrected chi connectivity index (χ3v) is 9.13. The normalized spacial score (nSPS) is 22.2. The highest BCUT2D eigenvalue weighted by Gasteiger charge is 2.40. The van der Waals surface area contributed by atoms with E-state index in [9.17, 15) is 16.8 Å². The summed E-state index contributed by atoms with van der Waals surface area (Å²) in [5.41, 5.74) is 5.60. The summed E-state index contributed by atoms with van der Waals surface area (Å²) in [5, 5.41) is 2.95. The van der Waals surface area contributed by atoms with Gasteiger partial charge in [0.25, 0.3) is 0 Å². The number of nitrogen functional groups attached to an aromatic ring is 1. The van der Waals surface area contributed by atoms with Crippen LogP contribution < -0.4 is 5.73 Å². The predicted octanol–water partition coefficient (Wildman–Crippen LogP) is 0.144. The molecule has 11 heteroatoms. The molecule has 2 aliphatic heterocycles. The Bertz CT molecular complexity index is 784. The highest BCUT2D eigenvalue weighted by Crippen LogP contribution is 2.30. The molecule has 0 radical (unpaired) electrons. The Kier molecular flexibility index (Phi) is 4.62. The standard InChI is InChI=1S/C13H22N4O5S2/c1-10-12(13(14)15-22-10)24(20,21)17-8-4-11(5-9-17)23(18,19)16-6-2-3-7-16/h11H,2-9H2,1H3,(H2,14,15). The van der Waals surface area contributed by atoms with Crippen molar-refractivity contribution in [1.29, 1.82) is 0 Å². The van der Waals surface area contributed by atoms with Crippen LogP contribution in [0.1, 0.15) is 31.4 Å². The van der Waals surface area contributed by atoms with Crippen LogP contribution in [-0.4, -0.2) is 62.0 Å². The van der Waals surface area contributed by atoms with Crippen LogP contribution in [0.5, 0.6) is 0 Å². The molecular weight excluding hydrogens is 356 g/mol. The first-order valence-electron chi connectivity index (χ1n) is 7.95. The van der Waals surface area contributed by atoms with Crippen LogP contribution in [0.4, 0.5) is 5.82 Å². The molecule has 0 unspecified atom stereocenters. The Morgan fingerprint density at radius 3 is 2.12 bits per heavy atom. The van der Waals surface area contributed by atoms with Crippen molar-refractivity contribution >= 4 is 25.9 Å². The third kappa shape index (κ3) is 2.93. The van der Waals surface area contributed by atoms with E-state index in [4.69, 9.17) is 10.3 Å². The first-order valence-corrected chi connectivity index (χ1v) is 10.9. The largest absolute Gasteiger partial charge is 0.380 e. The molecule has 0 bridgehead atoms. The molecule has 0 amide bonds. The van der Waals surface area contributed by atoms with Gasteiger partial charge in [-0.15, -0.1) is 0 Å². The summed E-state index contributed by atoms with van der Waals surface area (Å²) in [6.07, 6.45) is 2.33. The van der Waals surface area contributed by atoms with E-state index in [2.05, 4.69) is 5.16 Å². The molecule has 136 valence electrons. The number of aromatic nitrogens is 1. The summed E-state index contributed by atoms with van der Waals surface area (Å²) in [6.45, 7) is 2.91. The number of piperidine rings is 1. The van der Waals surface area contributed by atoms with Crippen molar-refractivity contribution in [2.75, 3.05) is 31.9 Å². The maximum absolute atomic E-state index is 12.7. The van der Waals surface area contributed by atoms with Gasteiger partial charge < -0.3 is 10.3 Å². The van der Waals surface area contributed by atoms with Gasteiger partial charge in [-0.25, -0.2) is 21.1 Å². The highest BCUT2D eigenvalue weighted by molar-refractivity contribution is 7.90. The topological polar surface area (TPSA) is 127 Å². The molecule has 2 aliphatic rings. The van der Waals surface area contributed by atoms with Gasteiger partial charge in [-0.05, 0) is 32.6 Å². The minimum atomic E-state index is -3.82. The molecule has 0 aromatic carbocycles. The van der Waals surface area contributed by atoms with Gasteiger partial charge in [0.15, 0.2) is 16.5 Å². The average molecular weight is 378 g/mol. The fourth-order valence-corrected chi connectivity index (χ4v) is 6.99. The lowest BCUT2D eigenvalue weighted by molar-refractivity contribution is 0.336. The molecule has 3 heterocycles. The van der Waals surface area contributed by atoms with E-state index < -0.39 is 25.3 Å². The van der Waals surface area contributed by atoms with Crippen LogP contribution in [0, 0.1) is 6.92 Å². The van der Waals surface area contributed by atoms with Crippen LogP contribution >= 0.6 is 0 Å². The first-order chi connectivity index (χ1) is 11.2. The van der Waals surface area contributed by atoms with Crippen molar-refractivity contribution in [3.05, 3.63) is 5.76 Å². The lowest BCUT2D eigenvalue weighted by Gasteiger charge is -2.32. The summed E-state index contributed by atoms with van der Waals surface area (Å²) in [5.74, 6) is -0.0291. The van der Waals surface area contributed by atoms with Gasteiger partial charge in [-0.1, -0.05) is 5.16 Å². The smallest absolute Gasteiger partial charge is 0.250 e. The van der Waals surface area contributed by atoms with Gasteiger partial charge in [0.2, 0.25) is 20.0 Å². The number of hydrogen-bond donors (Lipinski definition) is 1. The van der Waals surface area contributed by atoms with Crippen molar-refractivity contribution in [2.45, 2.75) is 42.8 Å². The zero-order chi connectivity index (χ0) is 17.5. The molecule has 0 aliphatic carbocycles. The fourth-order valence-electron chi connectivity index (χ4n) is 3.35. The van der Waals surface area contributed by atoms with E-state index >= 15 is 0 Å². The van der Waals surface area contributed by atoms with Gasteiger partial charge in [0.05, 0.1) is 5.25 Å². The number of sulfonamides is 2. The second kappa shape index (κ2) is 6.28. The summed E-state index contributed by atoms with van der Waals surface area (Å²) in [4.78, 5) is -0.122. The molecule has 0 atom stereocenters. The van der Waals surface area contributed by atoms with E-state index in [-0.39, 0.29) is 42.4 Å². The Morgan fingerprint density at radius 1 is 1.04 bits per heavy atom. The minimum Gasteiger partial charge on any atom is -0.380 e. The molecule has 9 nitrogen and oxygen atoms in total. The molecule has 24 heavy (non-hydrogen) atoms. The number of aryl methyl sites for hydroxylation is 1. The summed E-state index contributed by atoms with van der Waals surface area (Å²) >= 11 is 0. The molecule has 1 aromatic heterocycles. The van der Waals surface area contributed by atoms with E-state index in [1.165, 1.54) is 15.5 Å². The van der Waals surface area contributed by atoms with Crippen LogP contribution in [-0.2, 0) is 20.0 Å². The number of nitrogens with two attached hydrogens (primary N) is 1. The van der Waals surface area contributed by atoms with E-state index in [1.54, 1.807) is 0 Å². The SMILES string of the molecule is Cc1onc(N)c1S(=O)(=O)N1CCC(S(=O)(=O)N2CCCC2)CC1. The van der Waals surface area contributed by atoms with Crippen molar-refractivity contribution in [3.8, 4) is 0 Å². The molecule has 3 rings (SSSR count). The molecule has 1 aromatic rings. The third-order valence-electron chi connectivity index (χ3n) is 4.68. The van der Waals surface area contributed by atoms with Crippen LogP contribution in [0.2, 0.25) is 0 Å². The minimum absolute atomic E-state index is 0.122.